The van der Waals surface area contributed by atoms with Gasteiger partial charge in [-0.15, -0.1) is 0 Å². The molecule has 0 saturated carbocycles. The van der Waals surface area contributed by atoms with Crippen LogP contribution in [0.15, 0.2) is 62.6 Å². The predicted octanol–water partition coefficient (Wildman–Crippen LogP) is 5.60. The maximum absolute atomic E-state index is 14.4. The van der Waals surface area contributed by atoms with Crippen LogP contribution in [0.1, 0.15) is 62.5 Å². The van der Waals surface area contributed by atoms with Gasteiger partial charge < -0.3 is 9.52 Å². The van der Waals surface area contributed by atoms with Gasteiger partial charge in [0.05, 0.1) is 23.5 Å². The number of aryl methyl sites for hydroxylation is 1. The normalized spacial score (nSPS) is 15.2. The number of hydrogen-bond donors (Lipinski definition) is 1. The number of nitrogens with zero attached hydrogens (tertiary/aromatic N) is 3. The summed E-state index contributed by atoms with van der Waals surface area (Å²) in [5.41, 5.74) is 0.975. The molecule has 37 heavy (non-hydrogen) atoms. The number of anilines is 1. The molecule has 1 aliphatic carbocycles. The Labute approximate surface area is 220 Å². The fraction of sp³-hybridized carbons (Fsp3) is 0.370. The van der Waals surface area contributed by atoms with E-state index in [9.17, 15) is 18.3 Å². The number of sulfonamides is 1. The molecule has 2 aromatic carbocycles. The van der Waals surface area contributed by atoms with E-state index in [0.717, 1.165) is 37.4 Å². The van der Waals surface area contributed by atoms with Crippen molar-refractivity contribution in [2.75, 3.05) is 4.31 Å². The maximum atomic E-state index is 14.4. The third kappa shape index (κ3) is 4.64. The van der Waals surface area contributed by atoms with Crippen LogP contribution in [0.2, 0.25) is 0 Å². The quantitative estimate of drug-likeness (QED) is 0.339. The molecule has 1 aliphatic rings. The van der Waals surface area contributed by atoms with Crippen LogP contribution in [0.5, 0.6) is 5.75 Å². The number of fused-ring (bicyclic) bond motifs is 2. The Balaban J connectivity index is 1.77. The molecule has 1 atom stereocenters. The number of para-hydroxylation sites is 1. The zero-order chi connectivity index (χ0) is 26.2. The molecule has 194 valence electrons. The van der Waals surface area contributed by atoms with Gasteiger partial charge in [-0.05, 0) is 49.4 Å². The Morgan fingerprint density at radius 3 is 2.43 bits per heavy atom. The van der Waals surface area contributed by atoms with Gasteiger partial charge in [0.15, 0.2) is 0 Å². The first-order chi connectivity index (χ1) is 17.8. The molecule has 1 unspecified atom stereocenters. The number of benzene rings is 2. The lowest BCUT2D eigenvalue weighted by molar-refractivity contribution is 0.369. The Morgan fingerprint density at radius 1 is 0.973 bits per heavy atom. The molecule has 2 heterocycles. The zero-order valence-electron chi connectivity index (χ0n) is 20.8. The average Bonchev–Trinajstić information content (AvgIpc) is 3.34. The summed E-state index contributed by atoms with van der Waals surface area (Å²) in [5, 5.41) is 11.5. The van der Waals surface area contributed by atoms with Gasteiger partial charge in [0.2, 0.25) is 0 Å². The summed E-state index contributed by atoms with van der Waals surface area (Å²) in [6.45, 7) is 3.66. The van der Waals surface area contributed by atoms with Crippen LogP contribution in [0.3, 0.4) is 0 Å². The average molecular weight is 540 g/mol. The number of rotatable bonds is 6. The molecule has 0 bridgehead atoms. The lowest BCUT2D eigenvalue weighted by Gasteiger charge is -2.35. The van der Waals surface area contributed by atoms with Crippen molar-refractivity contribution >= 4 is 38.5 Å². The van der Waals surface area contributed by atoms with Gasteiger partial charge in [-0.25, -0.2) is 13.2 Å². The number of aromatic hydroxyl groups is 1. The van der Waals surface area contributed by atoms with Crippen molar-refractivity contribution in [2.45, 2.75) is 63.3 Å². The minimum atomic E-state index is -4.27. The highest BCUT2D eigenvalue weighted by Gasteiger charge is 2.40. The summed E-state index contributed by atoms with van der Waals surface area (Å²) < 4.78 is 44.3. The standard InChI is InChI=1S/C27H29N3O5S2/c1-17(2)25(23-26(31)19-13-8-3-4-9-15-21(19)35-27(23)32)30(18-11-6-5-7-12-18)37(33,34)22-16-10-14-20-24(22)29-36-28-20/h5-7,10-12,14,16-17,25,31H,3-4,8-9,13,15H2,1-2H3. The predicted molar refractivity (Wildman–Crippen MR) is 144 cm³/mol. The molecule has 0 spiro atoms. The Kier molecular flexibility index (Phi) is 7.04. The maximum Gasteiger partial charge on any atom is 0.345 e. The summed E-state index contributed by atoms with van der Waals surface area (Å²) >= 11 is 0.938. The van der Waals surface area contributed by atoms with E-state index in [1.807, 2.05) is 13.8 Å². The van der Waals surface area contributed by atoms with Crippen LogP contribution in [-0.2, 0) is 22.9 Å². The molecule has 4 aromatic rings. The lowest BCUT2D eigenvalue weighted by atomic mass is 9.91. The topological polar surface area (TPSA) is 114 Å². The summed E-state index contributed by atoms with van der Waals surface area (Å²) in [7, 11) is -4.27. The van der Waals surface area contributed by atoms with Gasteiger partial charge in [0.1, 0.15) is 33.0 Å². The number of aromatic nitrogens is 2. The molecule has 0 radical (unpaired) electrons. The van der Waals surface area contributed by atoms with E-state index in [-0.39, 0.29) is 27.6 Å². The van der Waals surface area contributed by atoms with Gasteiger partial charge in [-0.2, -0.15) is 8.75 Å². The van der Waals surface area contributed by atoms with E-state index in [2.05, 4.69) is 8.75 Å². The smallest absolute Gasteiger partial charge is 0.345 e. The highest BCUT2D eigenvalue weighted by atomic mass is 32.2. The second-order valence-electron chi connectivity index (χ2n) is 9.68. The number of hydrogen-bond acceptors (Lipinski definition) is 8. The van der Waals surface area contributed by atoms with Gasteiger partial charge in [0.25, 0.3) is 10.0 Å². The highest BCUT2D eigenvalue weighted by molar-refractivity contribution is 7.93. The van der Waals surface area contributed by atoms with Crippen LogP contribution in [0.4, 0.5) is 5.69 Å². The van der Waals surface area contributed by atoms with E-state index in [4.69, 9.17) is 4.42 Å². The van der Waals surface area contributed by atoms with Gasteiger partial charge in [-0.3, -0.25) is 4.31 Å². The molecule has 5 rings (SSSR count). The summed E-state index contributed by atoms with van der Waals surface area (Å²) in [4.78, 5) is 13.4. The lowest BCUT2D eigenvalue weighted by Crippen LogP contribution is -2.40. The molecular weight excluding hydrogens is 510 g/mol. The van der Waals surface area contributed by atoms with Crippen molar-refractivity contribution in [1.82, 2.24) is 8.75 Å². The van der Waals surface area contributed by atoms with Crippen molar-refractivity contribution in [3.05, 3.63) is 75.8 Å². The second kappa shape index (κ2) is 10.3. The zero-order valence-corrected chi connectivity index (χ0v) is 22.4. The molecule has 1 N–H and O–H groups in total. The largest absolute Gasteiger partial charge is 0.507 e. The minimum absolute atomic E-state index is 0.0108. The molecule has 10 heteroatoms. The van der Waals surface area contributed by atoms with Crippen molar-refractivity contribution in [3.8, 4) is 5.75 Å². The van der Waals surface area contributed by atoms with Gasteiger partial charge >= 0.3 is 5.63 Å². The molecule has 0 amide bonds. The van der Waals surface area contributed by atoms with Crippen LogP contribution in [-0.4, -0.2) is 22.3 Å². The summed E-state index contributed by atoms with van der Waals surface area (Å²) in [6, 6.07) is 12.4. The first-order valence-electron chi connectivity index (χ1n) is 12.5. The fourth-order valence-corrected chi connectivity index (χ4v) is 7.63. The molecule has 0 saturated heterocycles. The molecule has 2 aromatic heterocycles. The minimum Gasteiger partial charge on any atom is -0.507 e. The van der Waals surface area contributed by atoms with E-state index >= 15 is 0 Å². The molecule has 0 fully saturated rings. The van der Waals surface area contributed by atoms with Gasteiger partial charge in [0, 0.05) is 12.0 Å². The molecule has 8 nitrogen and oxygen atoms in total. The Morgan fingerprint density at radius 2 is 1.70 bits per heavy atom. The Bertz CT molecular complexity index is 1580. The van der Waals surface area contributed by atoms with E-state index in [0.29, 0.717) is 35.4 Å². The third-order valence-corrected chi connectivity index (χ3v) is 9.25. The summed E-state index contributed by atoms with van der Waals surface area (Å²) in [6.07, 6.45) is 4.95. The van der Waals surface area contributed by atoms with Crippen molar-refractivity contribution in [3.63, 3.8) is 0 Å². The van der Waals surface area contributed by atoms with Gasteiger partial charge in [-0.1, -0.05) is 51.0 Å². The van der Waals surface area contributed by atoms with E-state index in [1.165, 1.54) is 10.4 Å². The second-order valence-corrected chi connectivity index (χ2v) is 12.0. The van der Waals surface area contributed by atoms with Crippen molar-refractivity contribution in [2.24, 2.45) is 5.92 Å². The van der Waals surface area contributed by atoms with Crippen molar-refractivity contribution in [1.29, 1.82) is 0 Å². The van der Waals surface area contributed by atoms with Crippen molar-refractivity contribution < 1.29 is 17.9 Å². The molecule has 0 aliphatic heterocycles. The monoisotopic (exact) mass is 539 g/mol. The first kappa shape index (κ1) is 25.4. The van der Waals surface area contributed by atoms with Crippen LogP contribution in [0, 0.1) is 5.92 Å². The van der Waals surface area contributed by atoms with E-state index < -0.39 is 21.7 Å². The van der Waals surface area contributed by atoms with Crippen LogP contribution >= 0.6 is 11.7 Å². The highest BCUT2D eigenvalue weighted by Crippen LogP contribution is 2.42. The first-order valence-corrected chi connectivity index (χ1v) is 14.7. The van der Waals surface area contributed by atoms with Crippen LogP contribution < -0.4 is 9.93 Å². The SMILES string of the molecule is CC(C)C(c1c(O)c2c(oc1=O)CCCCCC2)N(c1ccccc1)S(=O)(=O)c1cccc2nsnc12. The van der Waals surface area contributed by atoms with Crippen LogP contribution in [0.25, 0.3) is 11.0 Å². The summed E-state index contributed by atoms with van der Waals surface area (Å²) in [5.74, 6) is -0.0412. The third-order valence-electron chi connectivity index (χ3n) is 6.87. The fourth-order valence-electron chi connectivity index (χ4n) is 5.12. The van der Waals surface area contributed by atoms with E-state index in [1.54, 1.807) is 42.5 Å². The molecular formula is C27H29N3O5S2. The Hall–Kier alpha value is -3.24.